The Morgan fingerprint density at radius 1 is 0.793 bits per heavy atom. The summed E-state index contributed by atoms with van der Waals surface area (Å²) in [5.74, 6) is -0.621. The van der Waals surface area contributed by atoms with Crippen LogP contribution in [0, 0.1) is 5.41 Å². The van der Waals surface area contributed by atoms with E-state index in [9.17, 15) is 19.2 Å². The molecule has 0 aliphatic carbocycles. The third kappa shape index (κ3) is 3.76. The zero-order valence-electron chi connectivity index (χ0n) is 16.3. The number of hydrogen-bond donors (Lipinski definition) is 3. The summed E-state index contributed by atoms with van der Waals surface area (Å²) in [7, 11) is 0. The highest BCUT2D eigenvalue weighted by Crippen LogP contribution is 2.32. The first-order valence-corrected chi connectivity index (χ1v) is 9.41. The Labute approximate surface area is 168 Å². The molecule has 2 heterocycles. The molecule has 5 amide bonds. The highest BCUT2D eigenvalue weighted by molar-refractivity contribution is 6.09. The number of imide groups is 2. The maximum Gasteiger partial charge on any atom is 0.322 e. The minimum Gasteiger partial charge on any atom is -0.316 e. The van der Waals surface area contributed by atoms with Gasteiger partial charge in [-0.05, 0) is 17.5 Å². The van der Waals surface area contributed by atoms with Crippen molar-refractivity contribution in [2.45, 2.75) is 32.2 Å². The molecule has 29 heavy (non-hydrogen) atoms. The fourth-order valence-corrected chi connectivity index (χ4v) is 3.45. The summed E-state index contributed by atoms with van der Waals surface area (Å²) >= 11 is 0. The summed E-state index contributed by atoms with van der Waals surface area (Å²) in [6.45, 7) is 3.73. The molecule has 3 N–H and O–H groups in total. The summed E-state index contributed by atoms with van der Waals surface area (Å²) in [5, 5.41) is 7.35. The van der Waals surface area contributed by atoms with E-state index in [1.807, 2.05) is 74.5 Å². The molecule has 2 fully saturated rings. The van der Waals surface area contributed by atoms with Crippen molar-refractivity contribution in [1.82, 2.24) is 16.0 Å². The van der Waals surface area contributed by atoms with Crippen LogP contribution in [0.15, 0.2) is 60.7 Å². The number of amides is 5. The topological polar surface area (TPSA) is 104 Å². The van der Waals surface area contributed by atoms with Gasteiger partial charge >= 0.3 is 6.03 Å². The van der Waals surface area contributed by atoms with Crippen molar-refractivity contribution < 1.29 is 19.2 Å². The third-order valence-electron chi connectivity index (χ3n) is 5.41. The molecular weight excluding hydrogens is 370 g/mol. The molecule has 7 nitrogen and oxygen atoms in total. The molecular formula is C22H23N3O4. The fourth-order valence-electron chi connectivity index (χ4n) is 3.45. The summed E-state index contributed by atoms with van der Waals surface area (Å²) in [6, 6.07) is 18.0. The lowest BCUT2D eigenvalue weighted by atomic mass is 9.83. The van der Waals surface area contributed by atoms with Gasteiger partial charge in [0.1, 0.15) is 0 Å². The molecule has 0 bridgehead atoms. The number of carbonyl (C=O) groups is 4. The Hall–Kier alpha value is -3.48. The standard InChI is InChI=1S/C15H12N2O2.C7H11NO2/c18-13-15(17-14(19)16-13,11-7-3-1-4-8-11)12-9-5-2-6-10-12;1-3-7(2)4-5(9)8-6(7)10/h1-10H,(H2,16,17,18,19);3-4H2,1-2H3,(H,8,9,10). The van der Waals surface area contributed by atoms with Crippen LogP contribution in [0.2, 0.25) is 0 Å². The second-order valence-electron chi connectivity index (χ2n) is 7.36. The molecule has 150 valence electrons. The maximum atomic E-state index is 12.3. The van der Waals surface area contributed by atoms with Gasteiger partial charge in [-0.25, -0.2) is 4.79 Å². The molecule has 0 radical (unpaired) electrons. The van der Waals surface area contributed by atoms with Gasteiger partial charge in [0.15, 0.2) is 5.54 Å². The molecule has 0 aromatic heterocycles. The summed E-state index contributed by atoms with van der Waals surface area (Å²) < 4.78 is 0. The van der Waals surface area contributed by atoms with Gasteiger partial charge in [-0.2, -0.15) is 0 Å². The maximum absolute atomic E-state index is 12.3. The van der Waals surface area contributed by atoms with Crippen LogP contribution < -0.4 is 16.0 Å². The first-order valence-electron chi connectivity index (χ1n) is 9.41. The molecule has 2 aromatic carbocycles. The Bertz CT molecular complexity index is 904. The van der Waals surface area contributed by atoms with Crippen LogP contribution in [-0.2, 0) is 19.9 Å². The molecule has 7 heteroatoms. The normalized spacial score (nSPS) is 22.3. The predicted molar refractivity (Wildman–Crippen MR) is 107 cm³/mol. The van der Waals surface area contributed by atoms with Gasteiger partial charge in [0.05, 0.1) is 5.41 Å². The average Bonchev–Trinajstić information content (AvgIpc) is 3.18. The number of benzene rings is 2. The quantitative estimate of drug-likeness (QED) is 0.549. The van der Waals surface area contributed by atoms with E-state index >= 15 is 0 Å². The van der Waals surface area contributed by atoms with E-state index in [0.717, 1.165) is 17.5 Å². The largest absolute Gasteiger partial charge is 0.322 e. The molecule has 0 saturated carbocycles. The van der Waals surface area contributed by atoms with Gasteiger partial charge in [-0.1, -0.05) is 74.5 Å². The van der Waals surface area contributed by atoms with Crippen LogP contribution in [0.4, 0.5) is 4.79 Å². The van der Waals surface area contributed by atoms with E-state index < -0.39 is 17.0 Å². The first kappa shape index (κ1) is 20.3. The Balaban J connectivity index is 0.000000204. The Morgan fingerprint density at radius 2 is 1.31 bits per heavy atom. The predicted octanol–water partition coefficient (Wildman–Crippen LogP) is 2.22. The zero-order valence-corrected chi connectivity index (χ0v) is 16.3. The van der Waals surface area contributed by atoms with Gasteiger partial charge in [-0.15, -0.1) is 0 Å². The number of nitrogens with one attached hydrogen (secondary N) is 3. The molecule has 1 atom stereocenters. The molecule has 2 aliphatic heterocycles. The monoisotopic (exact) mass is 393 g/mol. The highest BCUT2D eigenvalue weighted by atomic mass is 16.2. The third-order valence-corrected chi connectivity index (χ3v) is 5.41. The van der Waals surface area contributed by atoms with Crippen molar-refractivity contribution in [2.24, 2.45) is 5.41 Å². The van der Waals surface area contributed by atoms with Gasteiger partial charge in [0.25, 0.3) is 5.91 Å². The van der Waals surface area contributed by atoms with E-state index in [2.05, 4.69) is 16.0 Å². The smallest absolute Gasteiger partial charge is 0.316 e. The van der Waals surface area contributed by atoms with Crippen molar-refractivity contribution in [2.75, 3.05) is 0 Å². The number of hydrogen-bond acceptors (Lipinski definition) is 4. The number of carbonyl (C=O) groups excluding carboxylic acids is 4. The van der Waals surface area contributed by atoms with Crippen LogP contribution in [-0.4, -0.2) is 23.8 Å². The Morgan fingerprint density at radius 3 is 1.62 bits per heavy atom. The van der Waals surface area contributed by atoms with Gasteiger partial charge in [-0.3, -0.25) is 25.0 Å². The van der Waals surface area contributed by atoms with Crippen LogP contribution in [0.5, 0.6) is 0 Å². The van der Waals surface area contributed by atoms with E-state index in [1.165, 1.54) is 0 Å². The zero-order chi connectivity index (χ0) is 21.1. The molecule has 1 unspecified atom stereocenters. The van der Waals surface area contributed by atoms with E-state index in [4.69, 9.17) is 0 Å². The van der Waals surface area contributed by atoms with Crippen LogP contribution in [0.1, 0.15) is 37.8 Å². The van der Waals surface area contributed by atoms with Crippen molar-refractivity contribution in [3.63, 3.8) is 0 Å². The van der Waals surface area contributed by atoms with E-state index in [0.29, 0.717) is 6.42 Å². The lowest BCUT2D eigenvalue weighted by Crippen LogP contribution is -2.44. The average molecular weight is 393 g/mol. The van der Waals surface area contributed by atoms with Crippen molar-refractivity contribution in [1.29, 1.82) is 0 Å². The van der Waals surface area contributed by atoms with E-state index in [1.54, 1.807) is 0 Å². The summed E-state index contributed by atoms with van der Waals surface area (Å²) in [5.41, 5.74) is -0.0921. The minimum atomic E-state index is -1.14. The second kappa shape index (κ2) is 7.87. The molecule has 2 aliphatic rings. The first-order chi connectivity index (χ1) is 13.8. The second-order valence-corrected chi connectivity index (χ2v) is 7.36. The SMILES string of the molecule is CCC1(C)CC(=O)NC1=O.O=C1NC(=O)C(c2ccccc2)(c2ccccc2)N1. The fraction of sp³-hybridized carbons (Fsp3) is 0.273. The van der Waals surface area contributed by atoms with Crippen molar-refractivity contribution in [3.05, 3.63) is 71.8 Å². The lowest BCUT2D eigenvalue weighted by molar-refractivity contribution is -0.128. The number of rotatable bonds is 3. The van der Waals surface area contributed by atoms with Crippen LogP contribution >= 0.6 is 0 Å². The highest BCUT2D eigenvalue weighted by Gasteiger charge is 2.49. The minimum absolute atomic E-state index is 0.125. The summed E-state index contributed by atoms with van der Waals surface area (Å²) in [6.07, 6.45) is 1.08. The molecule has 2 saturated heterocycles. The molecule has 2 aromatic rings. The van der Waals surface area contributed by atoms with Gasteiger partial charge in [0, 0.05) is 6.42 Å². The lowest BCUT2D eigenvalue weighted by Gasteiger charge is -2.27. The molecule has 4 rings (SSSR count). The molecule has 0 spiro atoms. The van der Waals surface area contributed by atoms with Gasteiger partial charge in [0.2, 0.25) is 11.8 Å². The van der Waals surface area contributed by atoms with Crippen molar-refractivity contribution >= 4 is 23.8 Å². The van der Waals surface area contributed by atoms with Crippen molar-refractivity contribution in [3.8, 4) is 0 Å². The van der Waals surface area contributed by atoms with Crippen LogP contribution in [0.3, 0.4) is 0 Å². The van der Waals surface area contributed by atoms with Crippen LogP contribution in [0.25, 0.3) is 0 Å². The number of urea groups is 1. The van der Waals surface area contributed by atoms with E-state index in [-0.39, 0.29) is 17.7 Å². The van der Waals surface area contributed by atoms with Gasteiger partial charge < -0.3 is 5.32 Å². The Kier molecular flexibility index (Phi) is 5.50. The summed E-state index contributed by atoms with van der Waals surface area (Å²) in [4.78, 5) is 45.6.